The summed E-state index contributed by atoms with van der Waals surface area (Å²) in [6.45, 7) is 1.71. The number of pyridine rings is 1. The van der Waals surface area contributed by atoms with Gasteiger partial charge in [-0.25, -0.2) is 4.79 Å². The largest absolute Gasteiger partial charge is 0.478 e. The fourth-order valence-electron chi connectivity index (χ4n) is 1.12. The number of rotatable bonds is 1. The van der Waals surface area contributed by atoms with Crippen molar-refractivity contribution in [3.63, 3.8) is 0 Å². The predicted molar refractivity (Wildman–Crippen MR) is 43.5 cm³/mol. The lowest BCUT2D eigenvalue weighted by Crippen LogP contribution is -1.96. The molecule has 2 heterocycles. The van der Waals surface area contributed by atoms with E-state index in [1.165, 1.54) is 12.3 Å². The number of aryl methyl sites for hydroxylation is 1. The van der Waals surface area contributed by atoms with Crippen molar-refractivity contribution in [2.75, 3.05) is 0 Å². The van der Waals surface area contributed by atoms with E-state index in [0.717, 1.165) is 0 Å². The van der Waals surface area contributed by atoms with Crippen LogP contribution in [0.1, 0.15) is 16.1 Å². The lowest BCUT2D eigenvalue weighted by atomic mass is 10.2. The molecule has 0 radical (unpaired) electrons. The maximum Gasteiger partial charge on any atom is 0.339 e. The monoisotopic (exact) mass is 178 g/mol. The molecule has 5 heteroatoms. The summed E-state index contributed by atoms with van der Waals surface area (Å²) < 4.78 is 4.85. The molecule has 0 aliphatic heterocycles. The molecule has 0 fully saturated rings. The second kappa shape index (κ2) is 2.55. The SMILES string of the molecule is Cc1noc2c(C(=O)O)ccnc12. The van der Waals surface area contributed by atoms with Crippen LogP contribution < -0.4 is 0 Å². The summed E-state index contributed by atoms with van der Waals surface area (Å²) in [5.74, 6) is -1.04. The molecule has 1 N–H and O–H groups in total. The third-order valence-corrected chi connectivity index (χ3v) is 1.75. The zero-order valence-electron chi connectivity index (χ0n) is 6.81. The molecule has 13 heavy (non-hydrogen) atoms. The summed E-state index contributed by atoms with van der Waals surface area (Å²) in [6, 6.07) is 1.38. The van der Waals surface area contributed by atoms with Crippen molar-refractivity contribution in [2.45, 2.75) is 6.92 Å². The van der Waals surface area contributed by atoms with E-state index in [9.17, 15) is 4.79 Å². The molecule has 0 saturated heterocycles. The third-order valence-electron chi connectivity index (χ3n) is 1.75. The highest BCUT2D eigenvalue weighted by molar-refractivity contribution is 5.99. The molecule has 0 saturated carbocycles. The van der Waals surface area contributed by atoms with Gasteiger partial charge in [0.05, 0.1) is 0 Å². The summed E-state index contributed by atoms with van der Waals surface area (Å²) in [5.41, 5.74) is 1.41. The van der Waals surface area contributed by atoms with E-state index in [0.29, 0.717) is 11.2 Å². The molecule has 2 rings (SSSR count). The Morgan fingerprint density at radius 1 is 1.62 bits per heavy atom. The Hall–Kier alpha value is -1.91. The van der Waals surface area contributed by atoms with Crippen molar-refractivity contribution in [3.8, 4) is 0 Å². The van der Waals surface area contributed by atoms with E-state index in [4.69, 9.17) is 9.63 Å². The summed E-state index contributed by atoms with van der Waals surface area (Å²) >= 11 is 0. The van der Waals surface area contributed by atoms with Crippen LogP contribution in [0, 0.1) is 6.92 Å². The lowest BCUT2D eigenvalue weighted by Gasteiger charge is -1.92. The minimum Gasteiger partial charge on any atom is -0.478 e. The molecule has 2 aromatic heterocycles. The topological polar surface area (TPSA) is 76.2 Å². The molecule has 0 unspecified atom stereocenters. The average molecular weight is 178 g/mol. The Morgan fingerprint density at radius 3 is 3.08 bits per heavy atom. The fourth-order valence-corrected chi connectivity index (χ4v) is 1.12. The van der Waals surface area contributed by atoms with E-state index in [1.54, 1.807) is 6.92 Å². The quantitative estimate of drug-likeness (QED) is 0.710. The minimum absolute atomic E-state index is 0.0885. The third kappa shape index (κ3) is 1.05. The van der Waals surface area contributed by atoms with Gasteiger partial charge in [-0.1, -0.05) is 5.16 Å². The molecule has 0 amide bonds. The first-order valence-electron chi connectivity index (χ1n) is 3.64. The van der Waals surface area contributed by atoms with Gasteiger partial charge in [-0.2, -0.15) is 0 Å². The lowest BCUT2D eigenvalue weighted by molar-refractivity contribution is 0.0697. The minimum atomic E-state index is -1.04. The summed E-state index contributed by atoms with van der Waals surface area (Å²) in [7, 11) is 0. The molecular weight excluding hydrogens is 172 g/mol. The van der Waals surface area contributed by atoms with Gasteiger partial charge < -0.3 is 9.63 Å². The van der Waals surface area contributed by atoms with Gasteiger partial charge in [0.25, 0.3) is 0 Å². The van der Waals surface area contributed by atoms with Crippen molar-refractivity contribution in [1.82, 2.24) is 10.1 Å². The van der Waals surface area contributed by atoms with Crippen molar-refractivity contribution >= 4 is 17.1 Å². The zero-order valence-corrected chi connectivity index (χ0v) is 6.81. The Balaban J connectivity index is 2.84. The number of carboxylic acid groups (broad SMARTS) is 1. The van der Waals surface area contributed by atoms with Gasteiger partial charge in [-0.05, 0) is 13.0 Å². The average Bonchev–Trinajstić information content (AvgIpc) is 2.48. The molecule has 0 spiro atoms. The predicted octanol–water partition coefficient (Wildman–Crippen LogP) is 1.23. The van der Waals surface area contributed by atoms with Crippen molar-refractivity contribution < 1.29 is 14.4 Å². The Bertz CT molecular complexity index is 475. The van der Waals surface area contributed by atoms with Crippen LogP contribution in [-0.4, -0.2) is 21.2 Å². The van der Waals surface area contributed by atoms with Crippen molar-refractivity contribution in [2.24, 2.45) is 0 Å². The van der Waals surface area contributed by atoms with E-state index < -0.39 is 5.97 Å². The first-order valence-corrected chi connectivity index (χ1v) is 3.64. The second-order valence-corrected chi connectivity index (χ2v) is 2.61. The fraction of sp³-hybridized carbons (Fsp3) is 0.125. The summed E-state index contributed by atoms with van der Waals surface area (Å²) in [5, 5.41) is 12.4. The van der Waals surface area contributed by atoms with Crippen LogP contribution in [0.5, 0.6) is 0 Å². The first-order chi connectivity index (χ1) is 6.20. The highest BCUT2D eigenvalue weighted by Gasteiger charge is 2.14. The van der Waals surface area contributed by atoms with Crippen LogP contribution in [-0.2, 0) is 0 Å². The number of aromatic nitrogens is 2. The van der Waals surface area contributed by atoms with Gasteiger partial charge in [0.15, 0.2) is 5.58 Å². The van der Waals surface area contributed by atoms with Crippen LogP contribution in [0.15, 0.2) is 16.8 Å². The highest BCUT2D eigenvalue weighted by Crippen LogP contribution is 2.18. The summed E-state index contributed by atoms with van der Waals surface area (Å²) in [4.78, 5) is 14.7. The number of carbonyl (C=O) groups is 1. The van der Waals surface area contributed by atoms with Crippen molar-refractivity contribution in [1.29, 1.82) is 0 Å². The van der Waals surface area contributed by atoms with Crippen LogP contribution in [0.2, 0.25) is 0 Å². The molecule has 0 aromatic carbocycles. The number of nitrogens with zero attached hydrogens (tertiary/aromatic N) is 2. The normalized spacial score (nSPS) is 10.5. The number of hydrogen-bond acceptors (Lipinski definition) is 4. The number of aromatic carboxylic acids is 1. The van der Waals surface area contributed by atoms with Crippen LogP contribution in [0.25, 0.3) is 11.1 Å². The number of hydrogen-bond donors (Lipinski definition) is 1. The second-order valence-electron chi connectivity index (χ2n) is 2.61. The molecule has 0 aliphatic carbocycles. The van der Waals surface area contributed by atoms with Crippen LogP contribution in [0.4, 0.5) is 0 Å². The molecule has 2 aromatic rings. The molecule has 0 aliphatic rings. The number of carboxylic acids is 1. The van der Waals surface area contributed by atoms with E-state index in [-0.39, 0.29) is 11.1 Å². The van der Waals surface area contributed by atoms with Gasteiger partial charge >= 0.3 is 5.97 Å². The Morgan fingerprint density at radius 2 is 2.38 bits per heavy atom. The van der Waals surface area contributed by atoms with E-state index in [1.807, 2.05) is 0 Å². The molecule has 0 bridgehead atoms. The zero-order chi connectivity index (χ0) is 9.42. The standard InChI is InChI=1S/C8H6N2O3/c1-4-6-7(13-10-4)5(8(11)12)2-3-9-6/h2-3H,1H3,(H,11,12). The van der Waals surface area contributed by atoms with Gasteiger partial charge in [0.2, 0.25) is 0 Å². The molecular formula is C8H6N2O3. The van der Waals surface area contributed by atoms with Crippen molar-refractivity contribution in [3.05, 3.63) is 23.5 Å². The first kappa shape index (κ1) is 7.72. The van der Waals surface area contributed by atoms with E-state index in [2.05, 4.69) is 10.1 Å². The van der Waals surface area contributed by atoms with Gasteiger partial charge in [0.1, 0.15) is 16.8 Å². The van der Waals surface area contributed by atoms with Gasteiger partial charge in [-0.3, -0.25) is 4.98 Å². The Kier molecular flexibility index (Phi) is 1.51. The Labute approximate surface area is 73.0 Å². The molecule has 0 atom stereocenters. The van der Waals surface area contributed by atoms with Gasteiger partial charge in [0, 0.05) is 6.20 Å². The number of fused-ring (bicyclic) bond motifs is 1. The van der Waals surface area contributed by atoms with Gasteiger partial charge in [-0.15, -0.1) is 0 Å². The van der Waals surface area contributed by atoms with Crippen LogP contribution in [0.3, 0.4) is 0 Å². The molecule has 66 valence electrons. The molecule has 5 nitrogen and oxygen atoms in total. The maximum atomic E-state index is 10.7. The maximum absolute atomic E-state index is 10.7. The summed E-state index contributed by atoms with van der Waals surface area (Å²) in [6.07, 6.45) is 1.43. The smallest absolute Gasteiger partial charge is 0.339 e. The highest BCUT2D eigenvalue weighted by atomic mass is 16.5. The van der Waals surface area contributed by atoms with E-state index >= 15 is 0 Å². The van der Waals surface area contributed by atoms with Crippen LogP contribution >= 0.6 is 0 Å².